The van der Waals surface area contributed by atoms with E-state index < -0.39 is 11.8 Å². The molecule has 2 aliphatic heterocycles. The zero-order valence-electron chi connectivity index (χ0n) is 15.9. The van der Waals surface area contributed by atoms with Crippen molar-refractivity contribution in [3.05, 3.63) is 34.4 Å². The number of aryl methyl sites for hydroxylation is 1. The predicted octanol–water partition coefficient (Wildman–Crippen LogP) is 3.02. The fourth-order valence-corrected chi connectivity index (χ4v) is 4.35. The molecule has 26 heavy (non-hydrogen) atoms. The van der Waals surface area contributed by atoms with Gasteiger partial charge in [0, 0.05) is 17.8 Å². The zero-order valence-corrected chi connectivity index (χ0v) is 16.7. The average molecular weight is 372 g/mol. The quantitative estimate of drug-likeness (QED) is 0.477. The zero-order chi connectivity index (χ0) is 19.2. The number of rotatable bonds is 2. The van der Waals surface area contributed by atoms with Gasteiger partial charge in [0.05, 0.1) is 0 Å². The first-order valence-electron chi connectivity index (χ1n) is 8.94. The maximum Gasteiger partial charge on any atom is 0.263 e. The van der Waals surface area contributed by atoms with E-state index in [1.54, 1.807) is 6.08 Å². The number of carbonyl (C=O) groups excluding carboxylic acids is 2. The predicted molar refractivity (Wildman–Crippen MR) is 108 cm³/mol. The number of benzene rings is 1. The minimum Gasteiger partial charge on any atom is -0.366 e. The molecule has 0 unspecified atom stereocenters. The van der Waals surface area contributed by atoms with Gasteiger partial charge in [-0.2, -0.15) is 0 Å². The fraction of sp³-hybridized carbons (Fsp3) is 0.450. The lowest BCUT2D eigenvalue weighted by molar-refractivity contribution is -0.123. The molecule has 1 fully saturated rings. The largest absolute Gasteiger partial charge is 0.366 e. The molecule has 0 radical (unpaired) electrons. The molecule has 1 saturated heterocycles. The van der Waals surface area contributed by atoms with Crippen LogP contribution in [-0.4, -0.2) is 29.0 Å². The molecule has 0 spiro atoms. The number of thiocarbonyl (C=S) groups is 1. The lowest BCUT2D eigenvalue weighted by atomic mass is 9.79. The van der Waals surface area contributed by atoms with Crippen LogP contribution in [0.1, 0.15) is 56.7 Å². The van der Waals surface area contributed by atoms with Crippen LogP contribution in [0.3, 0.4) is 0 Å². The minimum atomic E-state index is -0.458. The first-order valence-corrected chi connectivity index (χ1v) is 9.35. The van der Waals surface area contributed by atoms with E-state index in [0.717, 1.165) is 24.1 Å². The summed E-state index contributed by atoms with van der Waals surface area (Å²) in [5.74, 6) is -0.511. The highest BCUT2D eigenvalue weighted by atomic mass is 32.1. The number of carbonyl (C=O) groups is 2. The van der Waals surface area contributed by atoms with Crippen molar-refractivity contribution in [3.63, 3.8) is 0 Å². The van der Waals surface area contributed by atoms with Crippen molar-refractivity contribution in [1.82, 2.24) is 10.6 Å². The number of fused-ring (bicyclic) bond motifs is 1. The molecule has 5 nitrogen and oxygen atoms in total. The van der Waals surface area contributed by atoms with E-state index in [2.05, 4.69) is 55.4 Å². The highest BCUT2D eigenvalue weighted by Crippen LogP contribution is 2.44. The Morgan fingerprint density at radius 3 is 2.46 bits per heavy atom. The molecule has 2 N–H and O–H groups in total. The molecule has 6 heteroatoms. The van der Waals surface area contributed by atoms with Gasteiger partial charge >= 0.3 is 0 Å². The smallest absolute Gasteiger partial charge is 0.263 e. The highest BCUT2D eigenvalue weighted by Gasteiger charge is 2.36. The molecule has 2 amide bonds. The highest BCUT2D eigenvalue weighted by molar-refractivity contribution is 7.80. The van der Waals surface area contributed by atoms with Crippen LogP contribution in [0.2, 0.25) is 0 Å². The van der Waals surface area contributed by atoms with Crippen molar-refractivity contribution in [3.8, 4) is 0 Å². The Kier molecular flexibility index (Phi) is 4.65. The standard InChI is InChI=1S/C20H25N3O2S/c1-6-23-16-7-11(2)13(8-14(16)12(3)10-20(23,4)5)9-15-17(24)21-19(26)22-18(15)25/h7-9,12H,6,10H2,1-5H3,(H2,21,22,24,25,26)/t12-/m0/s1. The number of nitrogens with one attached hydrogen (secondary N) is 2. The molecular weight excluding hydrogens is 346 g/mol. The maximum absolute atomic E-state index is 12.1. The van der Waals surface area contributed by atoms with Crippen molar-refractivity contribution in [2.75, 3.05) is 11.4 Å². The number of amides is 2. The summed E-state index contributed by atoms with van der Waals surface area (Å²) >= 11 is 4.85. The first kappa shape index (κ1) is 18.6. The number of anilines is 1. The number of hydrogen-bond acceptors (Lipinski definition) is 4. The first-order chi connectivity index (χ1) is 12.1. The Labute approximate surface area is 159 Å². The van der Waals surface area contributed by atoms with E-state index in [9.17, 15) is 9.59 Å². The van der Waals surface area contributed by atoms with Gasteiger partial charge in [0.15, 0.2) is 5.11 Å². The molecule has 0 bridgehead atoms. The van der Waals surface area contributed by atoms with Crippen LogP contribution in [0.25, 0.3) is 6.08 Å². The van der Waals surface area contributed by atoms with Crippen molar-refractivity contribution < 1.29 is 9.59 Å². The summed E-state index contributed by atoms with van der Waals surface area (Å²) in [6.07, 6.45) is 2.72. The van der Waals surface area contributed by atoms with E-state index in [-0.39, 0.29) is 16.2 Å². The van der Waals surface area contributed by atoms with Gasteiger partial charge in [-0.05, 0) is 87.2 Å². The van der Waals surface area contributed by atoms with Crippen molar-refractivity contribution in [1.29, 1.82) is 0 Å². The normalized spacial score (nSPS) is 21.9. The summed E-state index contributed by atoms with van der Waals surface area (Å²) in [6, 6.07) is 4.29. The molecule has 0 saturated carbocycles. The summed E-state index contributed by atoms with van der Waals surface area (Å²) in [6.45, 7) is 11.9. The molecule has 3 rings (SSSR count). The second-order valence-electron chi connectivity index (χ2n) is 7.72. The minimum absolute atomic E-state index is 0.0498. The summed E-state index contributed by atoms with van der Waals surface area (Å²) in [5.41, 5.74) is 4.61. The van der Waals surface area contributed by atoms with Gasteiger partial charge in [-0.1, -0.05) is 6.92 Å². The fourth-order valence-electron chi connectivity index (χ4n) is 4.17. The Bertz CT molecular complexity index is 820. The van der Waals surface area contributed by atoms with E-state index in [1.807, 2.05) is 6.92 Å². The average Bonchev–Trinajstić information content (AvgIpc) is 2.51. The number of nitrogens with zero attached hydrogens (tertiary/aromatic N) is 1. The second-order valence-corrected chi connectivity index (χ2v) is 8.13. The van der Waals surface area contributed by atoms with E-state index >= 15 is 0 Å². The van der Waals surface area contributed by atoms with E-state index in [0.29, 0.717) is 5.92 Å². The van der Waals surface area contributed by atoms with Gasteiger partial charge in [-0.25, -0.2) is 0 Å². The molecule has 1 aromatic rings. The third-order valence-electron chi connectivity index (χ3n) is 5.33. The SMILES string of the molecule is CCN1c2cc(C)c(C=C3C(=O)NC(=S)NC3=O)cc2[C@@H](C)CC1(C)C. The molecule has 138 valence electrons. The third-order valence-corrected chi connectivity index (χ3v) is 5.54. The lowest BCUT2D eigenvalue weighted by Crippen LogP contribution is -2.51. The third kappa shape index (κ3) is 3.14. The van der Waals surface area contributed by atoms with Crippen LogP contribution in [0.5, 0.6) is 0 Å². The van der Waals surface area contributed by atoms with Crippen LogP contribution < -0.4 is 15.5 Å². The van der Waals surface area contributed by atoms with Gasteiger partial charge in [0.2, 0.25) is 0 Å². The molecular formula is C20H25N3O2S. The van der Waals surface area contributed by atoms with Crippen LogP contribution in [0, 0.1) is 6.92 Å². The Balaban J connectivity index is 2.08. The Morgan fingerprint density at radius 2 is 1.88 bits per heavy atom. The van der Waals surface area contributed by atoms with Crippen molar-refractivity contribution in [2.24, 2.45) is 0 Å². The van der Waals surface area contributed by atoms with Gasteiger partial charge < -0.3 is 4.90 Å². The lowest BCUT2D eigenvalue weighted by Gasteiger charge is -2.47. The maximum atomic E-state index is 12.1. The van der Waals surface area contributed by atoms with Gasteiger partial charge in [-0.15, -0.1) is 0 Å². The summed E-state index contributed by atoms with van der Waals surface area (Å²) in [7, 11) is 0. The summed E-state index contributed by atoms with van der Waals surface area (Å²) < 4.78 is 0. The van der Waals surface area contributed by atoms with Crippen molar-refractivity contribution in [2.45, 2.75) is 52.5 Å². The topological polar surface area (TPSA) is 61.4 Å². The molecule has 2 aliphatic rings. The molecule has 0 aromatic heterocycles. The second kappa shape index (κ2) is 6.50. The molecule has 0 aliphatic carbocycles. The summed E-state index contributed by atoms with van der Waals surface area (Å²) in [5, 5.41) is 5.01. The molecule has 2 heterocycles. The van der Waals surface area contributed by atoms with Gasteiger partial charge in [0.25, 0.3) is 11.8 Å². The Hall–Kier alpha value is -2.21. The molecule has 1 aromatic carbocycles. The monoisotopic (exact) mass is 371 g/mol. The van der Waals surface area contributed by atoms with Gasteiger partial charge in [0.1, 0.15) is 5.57 Å². The van der Waals surface area contributed by atoms with Crippen LogP contribution in [0.15, 0.2) is 17.7 Å². The summed E-state index contributed by atoms with van der Waals surface area (Å²) in [4.78, 5) is 26.7. The van der Waals surface area contributed by atoms with Crippen LogP contribution in [0.4, 0.5) is 5.69 Å². The Morgan fingerprint density at radius 1 is 1.27 bits per heavy atom. The van der Waals surface area contributed by atoms with Gasteiger partial charge in [-0.3, -0.25) is 20.2 Å². The van der Waals surface area contributed by atoms with Crippen LogP contribution in [-0.2, 0) is 9.59 Å². The number of hydrogen-bond donors (Lipinski definition) is 2. The van der Waals surface area contributed by atoms with Crippen molar-refractivity contribution >= 4 is 40.9 Å². The van der Waals surface area contributed by atoms with Crippen LogP contribution >= 0.6 is 12.2 Å². The van der Waals surface area contributed by atoms with E-state index in [4.69, 9.17) is 12.2 Å². The van der Waals surface area contributed by atoms with E-state index in [1.165, 1.54) is 11.3 Å². The molecule has 1 atom stereocenters.